The normalized spacial score (nSPS) is 29.3. The highest BCUT2D eigenvalue weighted by Crippen LogP contribution is 2.34. The molecule has 0 amide bonds. The molecule has 2 atom stereocenters. The van der Waals surface area contributed by atoms with E-state index in [4.69, 9.17) is 26.3 Å². The van der Waals surface area contributed by atoms with Crippen LogP contribution in [0.1, 0.15) is 24.8 Å². The van der Waals surface area contributed by atoms with Gasteiger partial charge in [0.05, 0.1) is 22.8 Å². The minimum Gasteiger partial charge on any atom is -0.382 e. The number of benzene rings is 1. The molecule has 106 valence electrons. The van der Waals surface area contributed by atoms with E-state index < -0.39 is 0 Å². The SMILES string of the molecule is N#Cc1ccc(NC2CCOC3(CCOC3)C2)cc1Cl. The van der Waals surface area contributed by atoms with Crippen LogP contribution >= 0.6 is 11.6 Å². The highest BCUT2D eigenvalue weighted by molar-refractivity contribution is 6.32. The fourth-order valence-corrected chi connectivity index (χ4v) is 3.17. The van der Waals surface area contributed by atoms with Crippen LogP contribution < -0.4 is 5.32 Å². The Bertz CT molecular complexity index is 535. The standard InChI is InChI=1S/C15H17ClN2O2/c16-14-7-12(2-1-11(14)9-17)18-13-3-5-20-15(8-13)4-6-19-10-15/h1-2,7,13,18H,3-6,8,10H2. The van der Waals surface area contributed by atoms with Crippen molar-refractivity contribution in [3.8, 4) is 6.07 Å². The molecular weight excluding hydrogens is 276 g/mol. The predicted octanol–water partition coefficient (Wildman–Crippen LogP) is 2.96. The predicted molar refractivity (Wildman–Crippen MR) is 76.9 cm³/mol. The Labute approximate surface area is 123 Å². The number of halogens is 1. The Morgan fingerprint density at radius 2 is 2.30 bits per heavy atom. The van der Waals surface area contributed by atoms with Crippen molar-refractivity contribution in [2.24, 2.45) is 0 Å². The average molecular weight is 293 g/mol. The number of nitriles is 1. The first-order valence-electron chi connectivity index (χ1n) is 6.89. The minimum absolute atomic E-state index is 0.105. The number of anilines is 1. The molecule has 2 aliphatic heterocycles. The Kier molecular flexibility index (Phi) is 3.84. The maximum Gasteiger partial charge on any atom is 0.101 e. The highest BCUT2D eigenvalue weighted by atomic mass is 35.5. The quantitative estimate of drug-likeness (QED) is 0.910. The molecule has 0 bridgehead atoms. The van der Waals surface area contributed by atoms with Gasteiger partial charge in [-0.15, -0.1) is 0 Å². The third kappa shape index (κ3) is 2.76. The van der Waals surface area contributed by atoms with E-state index in [-0.39, 0.29) is 5.60 Å². The zero-order chi connectivity index (χ0) is 14.0. The van der Waals surface area contributed by atoms with Crippen LogP contribution in [0.25, 0.3) is 0 Å². The fourth-order valence-electron chi connectivity index (χ4n) is 2.95. The molecule has 0 aromatic heterocycles. The van der Waals surface area contributed by atoms with Crippen molar-refractivity contribution < 1.29 is 9.47 Å². The first-order chi connectivity index (χ1) is 9.71. The van der Waals surface area contributed by atoms with Crippen LogP contribution in [0.4, 0.5) is 5.69 Å². The molecule has 5 heteroatoms. The van der Waals surface area contributed by atoms with Gasteiger partial charge >= 0.3 is 0 Å². The summed E-state index contributed by atoms with van der Waals surface area (Å²) < 4.78 is 11.4. The van der Waals surface area contributed by atoms with Gasteiger partial charge in [0.1, 0.15) is 6.07 Å². The molecule has 2 fully saturated rings. The number of ether oxygens (including phenoxy) is 2. The average Bonchev–Trinajstić information content (AvgIpc) is 2.87. The molecule has 1 N–H and O–H groups in total. The van der Waals surface area contributed by atoms with E-state index in [1.165, 1.54) is 0 Å². The van der Waals surface area contributed by atoms with Gasteiger partial charge < -0.3 is 14.8 Å². The van der Waals surface area contributed by atoms with Crippen LogP contribution in [-0.2, 0) is 9.47 Å². The number of hydrogen-bond acceptors (Lipinski definition) is 4. The summed E-state index contributed by atoms with van der Waals surface area (Å²) in [5.41, 5.74) is 1.35. The second-order valence-electron chi connectivity index (χ2n) is 5.47. The lowest BCUT2D eigenvalue weighted by molar-refractivity contribution is -0.0828. The zero-order valence-corrected chi connectivity index (χ0v) is 11.9. The lowest BCUT2D eigenvalue weighted by atomic mass is 9.89. The van der Waals surface area contributed by atoms with Crippen molar-refractivity contribution in [2.75, 3.05) is 25.1 Å². The van der Waals surface area contributed by atoms with Crippen molar-refractivity contribution >= 4 is 17.3 Å². The molecule has 2 heterocycles. The summed E-state index contributed by atoms with van der Waals surface area (Å²) in [7, 11) is 0. The zero-order valence-electron chi connectivity index (χ0n) is 11.2. The molecule has 2 unspecified atom stereocenters. The second-order valence-corrected chi connectivity index (χ2v) is 5.88. The molecule has 0 aliphatic carbocycles. The number of hydrogen-bond donors (Lipinski definition) is 1. The van der Waals surface area contributed by atoms with E-state index in [2.05, 4.69) is 11.4 Å². The molecule has 3 rings (SSSR count). The van der Waals surface area contributed by atoms with Crippen molar-refractivity contribution in [3.63, 3.8) is 0 Å². The summed E-state index contributed by atoms with van der Waals surface area (Å²) in [6.07, 6.45) is 2.89. The van der Waals surface area contributed by atoms with E-state index in [1.807, 2.05) is 12.1 Å². The Balaban J connectivity index is 1.68. The van der Waals surface area contributed by atoms with Gasteiger partial charge in [-0.1, -0.05) is 11.6 Å². The maximum absolute atomic E-state index is 8.88. The van der Waals surface area contributed by atoms with E-state index in [0.717, 1.165) is 38.2 Å². The fraction of sp³-hybridized carbons (Fsp3) is 0.533. The number of rotatable bonds is 2. The van der Waals surface area contributed by atoms with Crippen LogP contribution in [0.5, 0.6) is 0 Å². The van der Waals surface area contributed by atoms with E-state index in [0.29, 0.717) is 23.2 Å². The molecule has 1 aromatic rings. The van der Waals surface area contributed by atoms with Crippen LogP contribution in [0.2, 0.25) is 5.02 Å². The molecule has 2 aliphatic rings. The second kappa shape index (κ2) is 5.61. The summed E-state index contributed by atoms with van der Waals surface area (Å²) in [5, 5.41) is 12.9. The van der Waals surface area contributed by atoms with Crippen molar-refractivity contribution in [1.82, 2.24) is 0 Å². The summed E-state index contributed by atoms with van der Waals surface area (Å²) in [4.78, 5) is 0. The molecule has 4 nitrogen and oxygen atoms in total. The van der Waals surface area contributed by atoms with E-state index >= 15 is 0 Å². The van der Waals surface area contributed by atoms with Gasteiger partial charge in [-0.3, -0.25) is 0 Å². The van der Waals surface area contributed by atoms with Crippen LogP contribution in [0, 0.1) is 11.3 Å². The summed E-state index contributed by atoms with van der Waals surface area (Å²) in [6.45, 7) is 2.24. The van der Waals surface area contributed by atoms with Crippen LogP contribution in [0.3, 0.4) is 0 Å². The van der Waals surface area contributed by atoms with Gasteiger partial charge in [0, 0.05) is 31.4 Å². The Hall–Kier alpha value is -1.28. The highest BCUT2D eigenvalue weighted by Gasteiger charge is 2.40. The topological polar surface area (TPSA) is 54.3 Å². The van der Waals surface area contributed by atoms with Gasteiger partial charge in [-0.2, -0.15) is 5.26 Å². The first-order valence-corrected chi connectivity index (χ1v) is 7.26. The minimum atomic E-state index is -0.105. The van der Waals surface area contributed by atoms with Gasteiger partial charge in [-0.25, -0.2) is 0 Å². The third-order valence-electron chi connectivity index (χ3n) is 4.02. The van der Waals surface area contributed by atoms with Crippen molar-refractivity contribution in [3.05, 3.63) is 28.8 Å². The Morgan fingerprint density at radius 1 is 1.40 bits per heavy atom. The van der Waals surface area contributed by atoms with Gasteiger partial charge in [0.25, 0.3) is 0 Å². The molecule has 1 aromatic carbocycles. The molecule has 0 saturated carbocycles. The van der Waals surface area contributed by atoms with Crippen molar-refractivity contribution in [1.29, 1.82) is 5.26 Å². The number of nitrogens with zero attached hydrogens (tertiary/aromatic N) is 1. The third-order valence-corrected chi connectivity index (χ3v) is 4.33. The molecule has 20 heavy (non-hydrogen) atoms. The molecule has 0 radical (unpaired) electrons. The van der Waals surface area contributed by atoms with Gasteiger partial charge in [0.15, 0.2) is 0 Å². The summed E-state index contributed by atoms with van der Waals surface area (Å²) in [6, 6.07) is 7.89. The summed E-state index contributed by atoms with van der Waals surface area (Å²) in [5.74, 6) is 0. The lowest BCUT2D eigenvalue weighted by Gasteiger charge is -2.37. The van der Waals surface area contributed by atoms with E-state index in [9.17, 15) is 0 Å². The molecule has 2 saturated heterocycles. The monoisotopic (exact) mass is 292 g/mol. The Morgan fingerprint density at radius 3 is 3.00 bits per heavy atom. The van der Waals surface area contributed by atoms with E-state index in [1.54, 1.807) is 6.07 Å². The van der Waals surface area contributed by atoms with Gasteiger partial charge in [-0.05, 0) is 31.0 Å². The first kappa shape index (κ1) is 13.7. The maximum atomic E-state index is 8.88. The van der Waals surface area contributed by atoms with Gasteiger partial charge in [0.2, 0.25) is 0 Å². The number of nitrogens with one attached hydrogen (secondary N) is 1. The lowest BCUT2D eigenvalue weighted by Crippen LogP contribution is -2.44. The largest absolute Gasteiger partial charge is 0.382 e. The van der Waals surface area contributed by atoms with Crippen molar-refractivity contribution in [2.45, 2.75) is 30.9 Å². The summed E-state index contributed by atoms with van der Waals surface area (Å²) >= 11 is 6.06. The molecular formula is C15H17ClN2O2. The molecule has 1 spiro atoms. The van der Waals surface area contributed by atoms with Crippen LogP contribution in [-0.4, -0.2) is 31.5 Å². The smallest absolute Gasteiger partial charge is 0.101 e. The van der Waals surface area contributed by atoms with Crippen LogP contribution in [0.15, 0.2) is 18.2 Å².